The zero-order valence-corrected chi connectivity index (χ0v) is 19.1. The van der Waals surface area contributed by atoms with E-state index in [9.17, 15) is 20.4 Å². The Balaban J connectivity index is 1.86. The van der Waals surface area contributed by atoms with Crippen molar-refractivity contribution < 1.29 is 29.9 Å². The van der Waals surface area contributed by atoms with Crippen molar-refractivity contribution in [3.63, 3.8) is 0 Å². The molecule has 1 aromatic rings. The summed E-state index contributed by atoms with van der Waals surface area (Å²) in [6.07, 6.45) is 0.402. The van der Waals surface area contributed by atoms with Crippen LogP contribution in [0.5, 0.6) is 11.5 Å². The Labute approximate surface area is 184 Å². The minimum atomic E-state index is -1.40. The van der Waals surface area contributed by atoms with E-state index in [-0.39, 0.29) is 24.2 Å². The van der Waals surface area contributed by atoms with E-state index in [2.05, 4.69) is 33.8 Å². The van der Waals surface area contributed by atoms with Crippen molar-refractivity contribution in [2.24, 2.45) is 5.92 Å². The van der Waals surface area contributed by atoms with Crippen LogP contribution in [0.25, 0.3) is 0 Å². The number of benzene rings is 1. The van der Waals surface area contributed by atoms with Gasteiger partial charge in [-0.2, -0.15) is 0 Å². The zero-order valence-electron chi connectivity index (χ0n) is 19.1. The topological polar surface area (TPSA) is 99.4 Å². The predicted molar refractivity (Wildman–Crippen MR) is 118 cm³/mol. The average molecular weight is 433 g/mol. The molecule has 0 bridgehead atoms. The fourth-order valence-corrected chi connectivity index (χ4v) is 5.90. The molecule has 0 radical (unpaired) electrons. The zero-order chi connectivity index (χ0) is 22.6. The number of aliphatic hydroxyl groups is 3. The lowest BCUT2D eigenvalue weighted by molar-refractivity contribution is -0.242. The van der Waals surface area contributed by atoms with Gasteiger partial charge >= 0.3 is 0 Å². The summed E-state index contributed by atoms with van der Waals surface area (Å²) < 4.78 is 11.6. The maximum Gasteiger partial charge on any atom is 0.229 e. The molecule has 1 aliphatic heterocycles. The van der Waals surface area contributed by atoms with Crippen molar-refractivity contribution in [2.75, 3.05) is 6.61 Å². The summed E-state index contributed by atoms with van der Waals surface area (Å²) in [6.45, 7) is 10.5. The number of hydrogen-bond donors (Lipinski definition) is 4. The van der Waals surface area contributed by atoms with Crippen LogP contribution in [0.1, 0.15) is 87.0 Å². The summed E-state index contributed by atoms with van der Waals surface area (Å²) in [7, 11) is 0. The van der Waals surface area contributed by atoms with Crippen LogP contribution in [-0.4, -0.2) is 51.6 Å². The minimum absolute atomic E-state index is 0.0828. The van der Waals surface area contributed by atoms with E-state index in [4.69, 9.17) is 9.47 Å². The lowest BCUT2D eigenvalue weighted by atomic mass is 9.62. The standard InChI is InChI=1S/C25H36O6/c1-11(2)8-15-9-13(4)16-7-6-12(3)18-20(16)19(15)14(5)21(27)24(18)31-25-23(29)22(28)17(26)10-30-25/h8,12-13,15-17,22-23,25-29H,6-7,9-10H2,1-5H3/t12-,13-,15-,16+,17+,22-,23+,25-/m0/s1. The first-order chi connectivity index (χ1) is 14.6. The fourth-order valence-electron chi connectivity index (χ4n) is 5.90. The van der Waals surface area contributed by atoms with Gasteiger partial charge in [-0.15, -0.1) is 0 Å². The second kappa shape index (κ2) is 8.39. The smallest absolute Gasteiger partial charge is 0.229 e. The number of aliphatic hydroxyl groups excluding tert-OH is 3. The number of ether oxygens (including phenoxy) is 2. The van der Waals surface area contributed by atoms with E-state index >= 15 is 0 Å². The largest absolute Gasteiger partial charge is 0.504 e. The highest BCUT2D eigenvalue weighted by Gasteiger charge is 2.44. The Morgan fingerprint density at radius 3 is 2.42 bits per heavy atom. The van der Waals surface area contributed by atoms with E-state index in [1.807, 2.05) is 6.92 Å². The minimum Gasteiger partial charge on any atom is -0.504 e. The van der Waals surface area contributed by atoms with Gasteiger partial charge in [0.1, 0.15) is 18.3 Å². The summed E-state index contributed by atoms with van der Waals surface area (Å²) in [6, 6.07) is 0. The monoisotopic (exact) mass is 432 g/mol. The molecule has 0 saturated carbocycles. The molecule has 4 N–H and O–H groups in total. The molecule has 6 heteroatoms. The number of phenols is 1. The van der Waals surface area contributed by atoms with Crippen molar-refractivity contribution in [1.29, 1.82) is 0 Å². The van der Waals surface area contributed by atoms with E-state index in [1.54, 1.807) is 0 Å². The Kier molecular flexibility index (Phi) is 6.12. The molecule has 0 spiro atoms. The van der Waals surface area contributed by atoms with Crippen molar-refractivity contribution in [3.8, 4) is 11.5 Å². The van der Waals surface area contributed by atoms with Crippen molar-refractivity contribution in [3.05, 3.63) is 33.9 Å². The summed E-state index contributed by atoms with van der Waals surface area (Å²) >= 11 is 0. The predicted octanol–water partition coefficient (Wildman–Crippen LogP) is 3.59. The number of hydrogen-bond acceptors (Lipinski definition) is 6. The van der Waals surface area contributed by atoms with Gasteiger partial charge in [0, 0.05) is 11.5 Å². The van der Waals surface area contributed by atoms with Gasteiger partial charge in [-0.05, 0) is 74.5 Å². The molecule has 1 saturated heterocycles. The van der Waals surface area contributed by atoms with Gasteiger partial charge < -0.3 is 29.9 Å². The van der Waals surface area contributed by atoms with Crippen LogP contribution in [0.15, 0.2) is 11.6 Å². The van der Waals surface area contributed by atoms with E-state index in [1.165, 1.54) is 16.7 Å². The molecule has 1 heterocycles. The Bertz CT molecular complexity index is 873. The van der Waals surface area contributed by atoms with Gasteiger partial charge in [-0.25, -0.2) is 0 Å². The van der Waals surface area contributed by atoms with Crippen LogP contribution < -0.4 is 4.74 Å². The third-order valence-electron chi connectivity index (χ3n) is 7.48. The van der Waals surface area contributed by atoms with Gasteiger partial charge in [0.25, 0.3) is 0 Å². The third kappa shape index (κ3) is 3.78. The SMILES string of the molecule is CC(C)=C[C@H]1C[C@H](C)[C@H]2CC[C@H](C)c3c(O[C@@H]4OC[C@@H](O)[C@H](O)[C@H]4O)c(O)c(C)c1c32. The molecule has 1 aromatic carbocycles. The summed E-state index contributed by atoms with van der Waals surface area (Å²) in [5.74, 6) is 1.81. The van der Waals surface area contributed by atoms with Crippen molar-refractivity contribution >= 4 is 0 Å². The molecule has 4 rings (SSSR count). The van der Waals surface area contributed by atoms with Crippen LogP contribution in [-0.2, 0) is 4.74 Å². The van der Waals surface area contributed by atoms with Crippen LogP contribution >= 0.6 is 0 Å². The van der Waals surface area contributed by atoms with Crippen molar-refractivity contribution in [1.82, 2.24) is 0 Å². The van der Waals surface area contributed by atoms with Crippen LogP contribution in [0.3, 0.4) is 0 Å². The molecular formula is C25H36O6. The first-order valence-electron chi connectivity index (χ1n) is 11.5. The highest BCUT2D eigenvalue weighted by atomic mass is 16.7. The molecule has 0 unspecified atom stereocenters. The second-order valence-electron chi connectivity index (χ2n) is 10.1. The quantitative estimate of drug-likeness (QED) is 0.545. The summed E-state index contributed by atoms with van der Waals surface area (Å²) in [5.41, 5.74) is 5.59. The lowest BCUT2D eigenvalue weighted by Crippen LogP contribution is -2.54. The van der Waals surface area contributed by atoms with E-state index in [0.29, 0.717) is 17.6 Å². The molecule has 8 atom stereocenters. The molecule has 6 nitrogen and oxygen atoms in total. The van der Waals surface area contributed by atoms with Crippen LogP contribution in [0.2, 0.25) is 0 Å². The number of aromatic hydroxyl groups is 1. The first-order valence-corrected chi connectivity index (χ1v) is 11.5. The van der Waals surface area contributed by atoms with E-state index < -0.39 is 24.6 Å². The van der Waals surface area contributed by atoms with Crippen LogP contribution in [0, 0.1) is 12.8 Å². The number of phenolic OH excluding ortho intramolecular Hbond substituents is 1. The van der Waals surface area contributed by atoms with Gasteiger partial charge in [-0.1, -0.05) is 25.5 Å². The van der Waals surface area contributed by atoms with Crippen molar-refractivity contribution in [2.45, 2.75) is 96.2 Å². The molecule has 0 amide bonds. The van der Waals surface area contributed by atoms with Crippen LogP contribution in [0.4, 0.5) is 0 Å². The lowest BCUT2D eigenvalue weighted by Gasteiger charge is -2.44. The van der Waals surface area contributed by atoms with Gasteiger partial charge in [0.2, 0.25) is 6.29 Å². The molecule has 2 aliphatic carbocycles. The highest BCUT2D eigenvalue weighted by Crippen LogP contribution is 2.58. The highest BCUT2D eigenvalue weighted by molar-refractivity contribution is 5.64. The number of allylic oxidation sites excluding steroid dienone is 2. The Morgan fingerprint density at radius 2 is 1.74 bits per heavy atom. The molecule has 3 aliphatic rings. The molecule has 1 fully saturated rings. The van der Waals surface area contributed by atoms with Gasteiger partial charge in [0.05, 0.1) is 6.61 Å². The first kappa shape index (κ1) is 22.6. The maximum absolute atomic E-state index is 11.3. The summed E-state index contributed by atoms with van der Waals surface area (Å²) in [5, 5.41) is 41.5. The van der Waals surface area contributed by atoms with Gasteiger partial charge in [-0.3, -0.25) is 0 Å². The molecular weight excluding hydrogens is 396 g/mol. The Morgan fingerprint density at radius 1 is 1.03 bits per heavy atom. The summed E-state index contributed by atoms with van der Waals surface area (Å²) in [4.78, 5) is 0. The average Bonchev–Trinajstić information content (AvgIpc) is 2.70. The molecule has 0 aromatic heterocycles. The fraction of sp³-hybridized carbons (Fsp3) is 0.680. The Hall–Kier alpha value is -1.60. The second-order valence-corrected chi connectivity index (χ2v) is 10.1. The molecule has 31 heavy (non-hydrogen) atoms. The third-order valence-corrected chi connectivity index (χ3v) is 7.48. The maximum atomic E-state index is 11.3. The number of rotatable bonds is 3. The molecule has 172 valence electrons. The normalized spacial score (nSPS) is 37.2. The van der Waals surface area contributed by atoms with Gasteiger partial charge in [0.15, 0.2) is 11.5 Å². The van der Waals surface area contributed by atoms with E-state index in [0.717, 1.165) is 30.4 Å².